The summed E-state index contributed by atoms with van der Waals surface area (Å²) in [7, 11) is 4.46. The Morgan fingerprint density at radius 2 is 1.55 bits per heavy atom. The fourth-order valence-electron chi connectivity index (χ4n) is 4.78. The van der Waals surface area contributed by atoms with Gasteiger partial charge in [0.05, 0.1) is 32.9 Å². The van der Waals surface area contributed by atoms with E-state index in [9.17, 15) is 14.7 Å². The van der Waals surface area contributed by atoms with Crippen molar-refractivity contribution < 1.29 is 38.4 Å². The maximum absolute atomic E-state index is 13.5. The van der Waals surface area contributed by atoms with Crippen LogP contribution in [0.15, 0.2) is 66.2 Å². The number of ether oxygens (including phenoxy) is 5. The van der Waals surface area contributed by atoms with Crippen LogP contribution in [-0.2, 0) is 16.1 Å². The molecule has 0 aromatic heterocycles. The number of hydrogen-bond acceptors (Lipinski definition) is 8. The summed E-state index contributed by atoms with van der Waals surface area (Å²) < 4.78 is 27.7. The van der Waals surface area contributed by atoms with E-state index in [1.807, 2.05) is 30.3 Å². The number of ketones is 1. The number of hydrogen-bond donors (Lipinski definition) is 1. The molecule has 1 fully saturated rings. The molecule has 9 heteroatoms. The van der Waals surface area contributed by atoms with Crippen LogP contribution in [0.4, 0.5) is 0 Å². The molecule has 196 valence electrons. The van der Waals surface area contributed by atoms with Crippen LogP contribution in [0.25, 0.3) is 5.76 Å². The van der Waals surface area contributed by atoms with Crippen molar-refractivity contribution in [2.75, 3.05) is 34.5 Å². The third-order valence-corrected chi connectivity index (χ3v) is 6.55. The SMILES string of the molecule is COc1cc(C2/C(=C(\O)c3ccc4c(c3)OCCO4)C(=O)C(=O)N2Cc2ccccc2)cc(OC)c1OC. The standard InChI is InChI=1S/C29H27NO8/c1-34-22-14-19(15-23(35-2)28(22)36-3)25-24(26(31)18-9-10-20-21(13-18)38-12-11-37-20)27(32)29(33)30(25)16-17-7-5-4-6-8-17/h4-10,13-15,25,31H,11-12,16H2,1-3H3/b26-24+. The van der Waals surface area contributed by atoms with Crippen molar-refractivity contribution in [3.63, 3.8) is 0 Å². The van der Waals surface area contributed by atoms with E-state index in [0.29, 0.717) is 53.1 Å². The highest BCUT2D eigenvalue weighted by atomic mass is 16.6. The first-order chi connectivity index (χ1) is 18.5. The Hall–Kier alpha value is -4.66. The molecule has 0 radical (unpaired) electrons. The minimum Gasteiger partial charge on any atom is -0.507 e. The van der Waals surface area contributed by atoms with Gasteiger partial charge in [-0.3, -0.25) is 9.59 Å². The molecule has 9 nitrogen and oxygen atoms in total. The molecule has 2 heterocycles. The van der Waals surface area contributed by atoms with Crippen LogP contribution in [0.2, 0.25) is 0 Å². The second-order valence-corrected chi connectivity index (χ2v) is 8.73. The predicted octanol–water partition coefficient (Wildman–Crippen LogP) is 4.11. The van der Waals surface area contributed by atoms with E-state index in [4.69, 9.17) is 23.7 Å². The summed E-state index contributed by atoms with van der Waals surface area (Å²) in [5.41, 5.74) is 1.60. The van der Waals surface area contributed by atoms with Gasteiger partial charge in [0.1, 0.15) is 19.0 Å². The highest BCUT2D eigenvalue weighted by molar-refractivity contribution is 6.46. The number of benzene rings is 3. The Balaban J connectivity index is 1.70. The first-order valence-corrected chi connectivity index (χ1v) is 12.0. The molecule has 3 aromatic carbocycles. The molecule has 38 heavy (non-hydrogen) atoms. The molecule has 1 amide bonds. The molecule has 1 unspecified atom stereocenters. The van der Waals surface area contributed by atoms with Crippen LogP contribution in [0.1, 0.15) is 22.7 Å². The van der Waals surface area contributed by atoms with Crippen LogP contribution in [-0.4, -0.2) is 56.2 Å². The maximum Gasteiger partial charge on any atom is 0.295 e. The first kappa shape index (κ1) is 25.0. The highest BCUT2D eigenvalue weighted by Crippen LogP contribution is 2.46. The minimum absolute atomic E-state index is 0.0584. The summed E-state index contributed by atoms with van der Waals surface area (Å²) >= 11 is 0. The highest BCUT2D eigenvalue weighted by Gasteiger charge is 2.46. The average Bonchev–Trinajstić information content (AvgIpc) is 3.21. The number of Topliss-reactive ketones (excluding diaryl/α,β-unsaturated/α-hetero) is 1. The largest absolute Gasteiger partial charge is 0.507 e. The summed E-state index contributed by atoms with van der Waals surface area (Å²) in [5.74, 6) is 0.207. The number of aliphatic hydroxyl groups is 1. The number of aliphatic hydroxyl groups excluding tert-OH is 1. The van der Waals surface area contributed by atoms with E-state index in [2.05, 4.69) is 0 Å². The number of rotatable bonds is 7. The lowest BCUT2D eigenvalue weighted by Gasteiger charge is -2.27. The second-order valence-electron chi connectivity index (χ2n) is 8.73. The fourth-order valence-corrected chi connectivity index (χ4v) is 4.78. The van der Waals surface area contributed by atoms with Gasteiger partial charge in [-0.15, -0.1) is 0 Å². The van der Waals surface area contributed by atoms with Crippen LogP contribution >= 0.6 is 0 Å². The van der Waals surface area contributed by atoms with Crippen LogP contribution < -0.4 is 23.7 Å². The Morgan fingerprint density at radius 1 is 0.895 bits per heavy atom. The van der Waals surface area contributed by atoms with E-state index in [-0.39, 0.29) is 17.9 Å². The number of amides is 1. The van der Waals surface area contributed by atoms with Gasteiger partial charge in [0.2, 0.25) is 5.75 Å². The Morgan fingerprint density at radius 3 is 2.18 bits per heavy atom. The smallest absolute Gasteiger partial charge is 0.295 e. The lowest BCUT2D eigenvalue weighted by Crippen LogP contribution is -2.29. The van der Waals surface area contributed by atoms with Crippen molar-refractivity contribution in [1.29, 1.82) is 0 Å². The lowest BCUT2D eigenvalue weighted by molar-refractivity contribution is -0.140. The molecule has 1 saturated heterocycles. The van der Waals surface area contributed by atoms with Crippen LogP contribution in [0.5, 0.6) is 28.7 Å². The lowest BCUT2D eigenvalue weighted by atomic mass is 9.94. The van der Waals surface area contributed by atoms with Crippen molar-refractivity contribution in [3.8, 4) is 28.7 Å². The maximum atomic E-state index is 13.5. The van der Waals surface area contributed by atoms with E-state index in [1.54, 1.807) is 30.3 Å². The number of carbonyl (C=O) groups excluding carboxylic acids is 2. The van der Waals surface area contributed by atoms with Gasteiger partial charge >= 0.3 is 0 Å². The van der Waals surface area contributed by atoms with Gasteiger partial charge in [-0.2, -0.15) is 0 Å². The van der Waals surface area contributed by atoms with Gasteiger partial charge in [-0.05, 0) is 41.5 Å². The molecule has 1 atom stereocenters. The molecule has 1 N–H and O–H groups in total. The summed E-state index contributed by atoms with van der Waals surface area (Å²) in [4.78, 5) is 28.3. The molecule has 0 aliphatic carbocycles. The van der Waals surface area contributed by atoms with Crippen LogP contribution in [0, 0.1) is 0 Å². The molecule has 0 spiro atoms. The number of likely N-dealkylation sites (tertiary alicyclic amines) is 1. The molecular weight excluding hydrogens is 490 g/mol. The summed E-state index contributed by atoms with van der Waals surface area (Å²) in [5, 5.41) is 11.5. The zero-order valence-electron chi connectivity index (χ0n) is 21.2. The first-order valence-electron chi connectivity index (χ1n) is 12.0. The van der Waals surface area contributed by atoms with Crippen molar-refractivity contribution in [1.82, 2.24) is 4.90 Å². The normalized spacial score (nSPS) is 17.9. The van der Waals surface area contributed by atoms with Crippen molar-refractivity contribution in [2.24, 2.45) is 0 Å². The van der Waals surface area contributed by atoms with Crippen molar-refractivity contribution in [2.45, 2.75) is 12.6 Å². The molecule has 2 aliphatic heterocycles. The number of methoxy groups -OCH3 is 3. The topological polar surface area (TPSA) is 104 Å². The van der Waals surface area contributed by atoms with Gasteiger partial charge < -0.3 is 33.7 Å². The van der Waals surface area contributed by atoms with E-state index in [0.717, 1.165) is 5.56 Å². The summed E-state index contributed by atoms with van der Waals surface area (Å²) in [6.45, 7) is 0.929. The number of fused-ring (bicyclic) bond motifs is 1. The predicted molar refractivity (Wildman–Crippen MR) is 138 cm³/mol. The Kier molecular flexibility index (Phi) is 6.83. The zero-order valence-corrected chi connectivity index (χ0v) is 21.2. The zero-order chi connectivity index (χ0) is 26.8. The Labute approximate surface area is 219 Å². The van der Waals surface area contributed by atoms with Gasteiger partial charge in [-0.1, -0.05) is 30.3 Å². The van der Waals surface area contributed by atoms with E-state index >= 15 is 0 Å². The summed E-state index contributed by atoms with van der Waals surface area (Å²) in [6, 6.07) is 16.6. The molecule has 2 aliphatic rings. The quantitative estimate of drug-likeness (QED) is 0.284. The van der Waals surface area contributed by atoms with Crippen molar-refractivity contribution in [3.05, 3.63) is 82.9 Å². The third-order valence-electron chi connectivity index (χ3n) is 6.55. The minimum atomic E-state index is -0.933. The Bertz CT molecular complexity index is 1390. The van der Waals surface area contributed by atoms with Crippen molar-refractivity contribution >= 4 is 17.4 Å². The summed E-state index contributed by atoms with van der Waals surface area (Å²) in [6.07, 6.45) is 0. The van der Waals surface area contributed by atoms with Crippen LogP contribution in [0.3, 0.4) is 0 Å². The number of nitrogens with zero attached hydrogens (tertiary/aromatic N) is 1. The molecule has 0 saturated carbocycles. The average molecular weight is 518 g/mol. The van der Waals surface area contributed by atoms with E-state index < -0.39 is 17.7 Å². The second kappa shape index (κ2) is 10.4. The van der Waals surface area contributed by atoms with Gasteiger partial charge in [0.25, 0.3) is 11.7 Å². The fraction of sp³-hybridized carbons (Fsp3) is 0.241. The van der Waals surface area contributed by atoms with Gasteiger partial charge in [-0.25, -0.2) is 0 Å². The molecule has 3 aromatic rings. The van der Waals surface area contributed by atoms with Gasteiger partial charge in [0, 0.05) is 12.1 Å². The molecule has 5 rings (SSSR count). The monoisotopic (exact) mass is 517 g/mol. The van der Waals surface area contributed by atoms with E-state index in [1.165, 1.54) is 26.2 Å². The molecular formula is C29H27NO8. The van der Waals surface area contributed by atoms with Gasteiger partial charge in [0.15, 0.2) is 23.0 Å². The third kappa shape index (κ3) is 4.36. The number of carbonyl (C=O) groups is 2. The molecule has 0 bridgehead atoms.